The topological polar surface area (TPSA) is 0 Å². The Labute approximate surface area is 886 Å². The predicted molar refractivity (Wildman–Crippen MR) is 609 cm³/mol. The summed E-state index contributed by atoms with van der Waals surface area (Å²) in [6.07, 6.45) is 0. The molecule has 12 rings (SSSR count). The Kier molecular flexibility index (Phi) is 51.2. The first-order valence-corrected chi connectivity index (χ1v) is 51.0. The molecule has 0 heterocycles. The Hall–Kier alpha value is -8.90. The maximum atomic E-state index is 13.5. The molecule has 0 aromatic heterocycles. The third kappa shape index (κ3) is 47.1. The van der Waals surface area contributed by atoms with E-state index in [9.17, 15) is 43.9 Å². The van der Waals surface area contributed by atoms with Gasteiger partial charge in [-0.2, -0.15) is 0 Å². The minimum Gasteiger partial charge on any atom is -0.207 e. The molecular weight excluding hydrogens is 1890 g/mol. The van der Waals surface area contributed by atoms with Gasteiger partial charge in [0, 0.05) is 5.02 Å². The third-order valence-corrected chi connectivity index (χ3v) is 25.1. The molecule has 0 nitrogen and oxygen atoms in total. The molecular formula is C130H174Cl4F10. The van der Waals surface area contributed by atoms with Crippen molar-refractivity contribution in [3.05, 3.63) is 419 Å². The Bertz CT molecular complexity index is 5360. The van der Waals surface area contributed by atoms with E-state index in [1.54, 1.807) is 75.4 Å². The summed E-state index contributed by atoms with van der Waals surface area (Å²) in [4.78, 5) is 0. The maximum absolute atomic E-state index is 13.5. The second-order valence-corrected chi connectivity index (χ2v) is 51.5. The van der Waals surface area contributed by atoms with Crippen LogP contribution < -0.4 is 0 Å². The van der Waals surface area contributed by atoms with Gasteiger partial charge in [0.1, 0.15) is 34.9 Å². The first-order chi connectivity index (χ1) is 65.0. The number of hydrogen-bond donors (Lipinski definition) is 0. The minimum atomic E-state index is -0.789. The van der Waals surface area contributed by atoms with E-state index in [4.69, 9.17) is 46.4 Å². The van der Waals surface area contributed by atoms with Gasteiger partial charge in [-0.05, 0) is 318 Å². The molecule has 0 bridgehead atoms. The van der Waals surface area contributed by atoms with Crippen LogP contribution in [0, 0.1) is 127 Å². The SMILES string of the molecule is CC(C)(C)c1ccc(Cl)c(Cl)c1.CC(C)(C)c1ccc(F)c(Cl)c1.CC(C)(C)c1ccc(F)c(F)c1.CC(C)(C)c1cccc(F)c1F.Cc1cc(C(C)(C)C)ccc1F.Cc1cc(F)cc(C(C)(C)C)c1.Cc1ccc(C(C)(C)C)c(C)c1.Cc1ccc(C(C)(C)C)c(F)c1.Cc1ccc(C(C)(C)C)cc1C.Cc1cccc(C(C)(C)C)c1Cl.Cc1cccc(C(C)(C)C)c1F.Cc1cccc(C(C)(C)C)c1F. The molecule has 0 radical (unpaired) electrons. The lowest BCUT2D eigenvalue weighted by Crippen LogP contribution is -2.14. The van der Waals surface area contributed by atoms with Crippen LogP contribution >= 0.6 is 46.4 Å². The van der Waals surface area contributed by atoms with Crippen molar-refractivity contribution in [2.75, 3.05) is 0 Å². The van der Waals surface area contributed by atoms with Gasteiger partial charge in [0.25, 0.3) is 0 Å². The number of hydrogen-bond acceptors (Lipinski definition) is 0. The summed E-state index contributed by atoms with van der Waals surface area (Å²) in [7, 11) is 0. The number of aryl methyl sites for hydroxylation is 10. The van der Waals surface area contributed by atoms with Gasteiger partial charge in [0.05, 0.1) is 15.1 Å². The highest BCUT2D eigenvalue weighted by atomic mass is 35.5. The molecule has 0 aliphatic carbocycles. The van der Waals surface area contributed by atoms with Crippen molar-refractivity contribution >= 4 is 46.4 Å². The van der Waals surface area contributed by atoms with Crippen LogP contribution in [0.15, 0.2) is 218 Å². The maximum Gasteiger partial charge on any atom is 0.162 e. The van der Waals surface area contributed by atoms with E-state index in [1.165, 1.54) is 74.3 Å². The van der Waals surface area contributed by atoms with Gasteiger partial charge in [0.2, 0.25) is 0 Å². The first-order valence-electron chi connectivity index (χ1n) is 49.5. The highest BCUT2D eigenvalue weighted by Gasteiger charge is 2.27. The van der Waals surface area contributed by atoms with Crippen molar-refractivity contribution in [3.8, 4) is 0 Å². The summed E-state index contributed by atoms with van der Waals surface area (Å²) in [6, 6.07) is 65.5. The summed E-state index contributed by atoms with van der Waals surface area (Å²) < 4.78 is 130. The van der Waals surface area contributed by atoms with Crippen LogP contribution in [0.4, 0.5) is 43.9 Å². The molecule has 0 atom stereocenters. The molecule has 144 heavy (non-hydrogen) atoms. The van der Waals surface area contributed by atoms with Crippen LogP contribution in [0.1, 0.15) is 372 Å². The lowest BCUT2D eigenvalue weighted by molar-refractivity contribution is 0.465. The third-order valence-electron chi connectivity index (χ3n) is 23.5. The summed E-state index contributed by atoms with van der Waals surface area (Å²) in [5.74, 6) is -3.91. The molecule has 14 heteroatoms. The highest BCUT2D eigenvalue weighted by Crippen LogP contribution is 2.37. The zero-order valence-electron chi connectivity index (χ0n) is 96.1. The van der Waals surface area contributed by atoms with E-state index in [-0.39, 0.29) is 105 Å². The Morgan fingerprint density at radius 1 is 0.160 bits per heavy atom. The van der Waals surface area contributed by atoms with E-state index in [1.807, 2.05) is 203 Å². The molecule has 0 spiro atoms. The smallest absolute Gasteiger partial charge is 0.162 e. The molecule has 12 aromatic carbocycles. The largest absolute Gasteiger partial charge is 0.207 e. The normalized spacial score (nSPS) is 11.8. The first kappa shape index (κ1) is 133. The van der Waals surface area contributed by atoms with Crippen molar-refractivity contribution in [1.82, 2.24) is 0 Å². The minimum absolute atomic E-state index is 0.0251. The van der Waals surface area contributed by atoms with Crippen molar-refractivity contribution in [2.24, 2.45) is 0 Å². The lowest BCUT2D eigenvalue weighted by atomic mass is 9.84. The highest BCUT2D eigenvalue weighted by molar-refractivity contribution is 6.42. The molecule has 792 valence electrons. The Morgan fingerprint density at radius 2 is 0.486 bits per heavy atom. The van der Waals surface area contributed by atoms with Crippen LogP contribution in [0.5, 0.6) is 0 Å². The summed E-state index contributed by atoms with van der Waals surface area (Å²) >= 11 is 23.5. The van der Waals surface area contributed by atoms with E-state index in [0.29, 0.717) is 15.6 Å². The second kappa shape index (κ2) is 55.4. The van der Waals surface area contributed by atoms with Gasteiger partial charge in [-0.25, -0.2) is 43.9 Å². The zero-order chi connectivity index (χ0) is 112. The van der Waals surface area contributed by atoms with Crippen molar-refractivity contribution in [2.45, 2.75) is 383 Å². The quantitative estimate of drug-likeness (QED) is 0.133. The summed E-state index contributed by atoms with van der Waals surface area (Å²) in [6.45, 7) is 94.8. The summed E-state index contributed by atoms with van der Waals surface area (Å²) in [5.41, 5.74) is 23.2. The standard InChI is InChI=1S/2C12H18.C11H15Cl.5C11H15F.C10H12Cl2.C10H12ClF.2C10H12F2/c1-9-6-7-11(8-10(9)2)12(3,4)5;1-9-6-7-11(10(2)8-9)12(3,4)5;1-8-6-5-7-9(10(8)12)11(2,3)4;1-8-5-9(11(2,3)4)7-10(12)6-8;1-8-7-9(11(2,3)4)5-6-10(8)12;1-8-5-6-9(10(12)7-8)11(2,3)4;2*1-8-6-5-7-9(10(8)12)11(2,3)4;1-10(2,3)7-4-5-8(11)9(12)6-7;1-10(2,3)7-4-5-9(12)8(11)6-7;1-10(2,3)7-4-5-8(11)9(12)6-7;1-10(2,3)7-5-4-6-8(11)9(7)12/h2*6-8H,1-5H3;6*5-7H,1-4H3;4*4-6H,1-3H3. The van der Waals surface area contributed by atoms with Gasteiger partial charge in [-0.3, -0.25) is 0 Å². The molecule has 0 amide bonds. The summed E-state index contributed by atoms with van der Waals surface area (Å²) in [5, 5.41) is 2.35. The van der Waals surface area contributed by atoms with Crippen LogP contribution in [0.3, 0.4) is 0 Å². The fraction of sp³-hybridized carbons (Fsp3) is 0.446. The van der Waals surface area contributed by atoms with Crippen molar-refractivity contribution in [3.63, 3.8) is 0 Å². The monoisotopic (exact) mass is 2070 g/mol. The molecule has 0 aliphatic heterocycles. The zero-order valence-corrected chi connectivity index (χ0v) is 99.1. The number of halogens is 14. The van der Waals surface area contributed by atoms with Crippen molar-refractivity contribution in [1.29, 1.82) is 0 Å². The second-order valence-electron chi connectivity index (χ2n) is 49.9. The lowest BCUT2D eigenvalue weighted by Gasteiger charge is -2.21. The average molecular weight is 2070 g/mol. The van der Waals surface area contributed by atoms with Crippen LogP contribution in [0.2, 0.25) is 20.1 Å². The molecule has 0 fully saturated rings. The van der Waals surface area contributed by atoms with Gasteiger partial charge < -0.3 is 0 Å². The Morgan fingerprint density at radius 3 is 0.819 bits per heavy atom. The Balaban J connectivity index is 0.000000785. The van der Waals surface area contributed by atoms with Crippen LogP contribution in [0.25, 0.3) is 0 Å². The van der Waals surface area contributed by atoms with Gasteiger partial charge >= 0.3 is 0 Å². The van der Waals surface area contributed by atoms with E-state index in [0.717, 1.165) is 83.9 Å². The molecule has 0 saturated heterocycles. The molecule has 0 N–H and O–H groups in total. The van der Waals surface area contributed by atoms with Gasteiger partial charge in [0.15, 0.2) is 23.3 Å². The van der Waals surface area contributed by atoms with E-state index >= 15 is 0 Å². The van der Waals surface area contributed by atoms with E-state index < -0.39 is 23.3 Å². The van der Waals surface area contributed by atoms with Gasteiger partial charge in [-0.15, -0.1) is 0 Å². The van der Waals surface area contributed by atoms with Crippen LogP contribution in [-0.4, -0.2) is 0 Å². The van der Waals surface area contributed by atoms with Crippen LogP contribution in [-0.2, 0) is 65.0 Å². The van der Waals surface area contributed by atoms with E-state index in [2.05, 4.69) is 222 Å². The molecule has 12 aromatic rings. The fourth-order valence-corrected chi connectivity index (χ4v) is 14.9. The molecule has 0 aliphatic rings. The van der Waals surface area contributed by atoms with Gasteiger partial charge in [-0.1, -0.05) is 453 Å². The molecule has 0 unspecified atom stereocenters. The van der Waals surface area contributed by atoms with Crippen molar-refractivity contribution < 1.29 is 43.9 Å². The number of rotatable bonds is 0. The fourth-order valence-electron chi connectivity index (χ4n) is 14.0. The average Bonchev–Trinajstić information content (AvgIpc) is 0.870. The molecule has 0 saturated carbocycles. The number of benzene rings is 12. The predicted octanol–water partition coefficient (Wildman–Crippen LogP) is 42.9.